The highest BCUT2D eigenvalue weighted by atomic mass is 32.2. The number of hydrogen-bond acceptors (Lipinski definition) is 5. The van der Waals surface area contributed by atoms with Crippen molar-refractivity contribution in [3.8, 4) is 5.75 Å². The maximum absolute atomic E-state index is 12.6. The lowest BCUT2D eigenvalue weighted by Gasteiger charge is -2.29. The van der Waals surface area contributed by atoms with Gasteiger partial charge in [-0.15, -0.1) is 11.8 Å². The first-order chi connectivity index (χ1) is 12.4. The number of carbonyl (C=O) groups is 1. The molecule has 0 bridgehead atoms. The number of rotatable bonds is 6. The number of aryl methyl sites for hydroxylation is 1. The van der Waals surface area contributed by atoms with E-state index < -0.39 is 10.0 Å². The molecule has 3 rings (SSSR count). The average molecular weight is 392 g/mol. The van der Waals surface area contributed by atoms with Gasteiger partial charge in [0, 0.05) is 17.0 Å². The SMILES string of the molecule is COc1cccc(SCC(=O)c2ccc3c(c2)CCCN3S(C)(=O)=O)c1. The zero-order valence-corrected chi connectivity index (χ0v) is 16.4. The summed E-state index contributed by atoms with van der Waals surface area (Å²) in [5, 5.41) is 0. The summed E-state index contributed by atoms with van der Waals surface area (Å²) in [4.78, 5) is 13.5. The molecule has 0 aliphatic carbocycles. The number of anilines is 1. The van der Waals surface area contributed by atoms with Gasteiger partial charge in [-0.05, 0) is 54.8 Å². The molecule has 0 N–H and O–H groups in total. The van der Waals surface area contributed by atoms with Crippen LogP contribution in [0.25, 0.3) is 0 Å². The van der Waals surface area contributed by atoms with Gasteiger partial charge in [0.05, 0.1) is 24.8 Å². The van der Waals surface area contributed by atoms with Crippen LogP contribution in [0.4, 0.5) is 5.69 Å². The van der Waals surface area contributed by atoms with E-state index in [1.54, 1.807) is 19.2 Å². The molecule has 0 saturated carbocycles. The van der Waals surface area contributed by atoms with Crippen LogP contribution < -0.4 is 9.04 Å². The summed E-state index contributed by atoms with van der Waals surface area (Å²) in [6.45, 7) is 0.491. The predicted octanol–water partition coefficient (Wildman–Crippen LogP) is 3.38. The second-order valence-electron chi connectivity index (χ2n) is 6.17. The number of methoxy groups -OCH3 is 1. The fourth-order valence-electron chi connectivity index (χ4n) is 3.00. The molecule has 7 heteroatoms. The Morgan fingerprint density at radius 3 is 2.77 bits per heavy atom. The van der Waals surface area contributed by atoms with Crippen LogP contribution in [0.2, 0.25) is 0 Å². The lowest BCUT2D eigenvalue weighted by atomic mass is 9.99. The number of nitrogens with zero attached hydrogens (tertiary/aromatic N) is 1. The number of thioether (sulfide) groups is 1. The van der Waals surface area contributed by atoms with Crippen molar-refractivity contribution >= 4 is 33.3 Å². The van der Waals surface area contributed by atoms with E-state index in [4.69, 9.17) is 4.74 Å². The highest BCUT2D eigenvalue weighted by Gasteiger charge is 2.24. The first-order valence-corrected chi connectivity index (χ1v) is 11.1. The predicted molar refractivity (Wildman–Crippen MR) is 105 cm³/mol. The molecular weight excluding hydrogens is 370 g/mol. The molecule has 0 atom stereocenters. The van der Waals surface area contributed by atoms with E-state index in [0.29, 0.717) is 23.5 Å². The molecule has 0 amide bonds. The van der Waals surface area contributed by atoms with E-state index >= 15 is 0 Å². The third-order valence-electron chi connectivity index (χ3n) is 4.29. The molecule has 5 nitrogen and oxygen atoms in total. The third-order valence-corrected chi connectivity index (χ3v) is 6.46. The van der Waals surface area contributed by atoms with Crippen molar-refractivity contribution in [2.75, 3.05) is 30.0 Å². The number of fused-ring (bicyclic) bond motifs is 1. The van der Waals surface area contributed by atoms with Crippen molar-refractivity contribution < 1.29 is 17.9 Å². The highest BCUT2D eigenvalue weighted by molar-refractivity contribution is 8.00. The Kier molecular flexibility index (Phi) is 5.58. The van der Waals surface area contributed by atoms with Gasteiger partial charge < -0.3 is 4.74 Å². The van der Waals surface area contributed by atoms with Crippen molar-refractivity contribution in [3.05, 3.63) is 53.6 Å². The minimum Gasteiger partial charge on any atom is -0.497 e. The second-order valence-corrected chi connectivity index (χ2v) is 9.13. The Labute approximate surface area is 158 Å². The number of hydrogen-bond donors (Lipinski definition) is 0. The maximum Gasteiger partial charge on any atom is 0.232 e. The van der Waals surface area contributed by atoms with Crippen molar-refractivity contribution in [2.24, 2.45) is 0 Å². The molecule has 0 spiro atoms. The number of carbonyl (C=O) groups excluding carboxylic acids is 1. The monoisotopic (exact) mass is 391 g/mol. The van der Waals surface area contributed by atoms with Crippen LogP contribution in [0.15, 0.2) is 47.4 Å². The molecule has 0 unspecified atom stereocenters. The smallest absolute Gasteiger partial charge is 0.232 e. The summed E-state index contributed by atoms with van der Waals surface area (Å²) >= 11 is 1.46. The number of sulfonamides is 1. The Balaban J connectivity index is 1.74. The van der Waals surface area contributed by atoms with E-state index in [1.807, 2.05) is 30.3 Å². The van der Waals surface area contributed by atoms with Crippen LogP contribution in [0.3, 0.4) is 0 Å². The maximum atomic E-state index is 12.6. The quantitative estimate of drug-likeness (QED) is 0.558. The molecule has 1 aliphatic rings. The second kappa shape index (κ2) is 7.72. The minimum atomic E-state index is -3.29. The number of ether oxygens (including phenoxy) is 1. The van der Waals surface area contributed by atoms with Gasteiger partial charge in [-0.1, -0.05) is 6.07 Å². The van der Waals surface area contributed by atoms with Gasteiger partial charge >= 0.3 is 0 Å². The van der Waals surface area contributed by atoms with Gasteiger partial charge in [0.15, 0.2) is 5.78 Å². The molecule has 0 aromatic heterocycles. The average Bonchev–Trinajstić information content (AvgIpc) is 2.64. The van der Waals surface area contributed by atoms with Crippen LogP contribution in [0.1, 0.15) is 22.3 Å². The normalized spacial score (nSPS) is 14.0. The molecule has 138 valence electrons. The molecule has 1 heterocycles. The Hall–Kier alpha value is -1.99. The van der Waals surface area contributed by atoms with Crippen molar-refractivity contribution in [2.45, 2.75) is 17.7 Å². The van der Waals surface area contributed by atoms with Crippen LogP contribution in [-0.4, -0.2) is 39.9 Å². The fourth-order valence-corrected chi connectivity index (χ4v) is 4.84. The number of benzene rings is 2. The van der Waals surface area contributed by atoms with Crippen LogP contribution in [0, 0.1) is 0 Å². The summed E-state index contributed by atoms with van der Waals surface area (Å²) < 4.78 is 30.5. The summed E-state index contributed by atoms with van der Waals surface area (Å²) in [6, 6.07) is 12.9. The first-order valence-electron chi connectivity index (χ1n) is 8.29. The zero-order chi connectivity index (χ0) is 18.7. The van der Waals surface area contributed by atoms with Gasteiger partial charge in [-0.25, -0.2) is 8.42 Å². The molecule has 2 aromatic carbocycles. The largest absolute Gasteiger partial charge is 0.497 e. The standard InChI is InChI=1S/C19H21NO4S2/c1-24-16-6-3-7-17(12-16)25-13-19(21)15-8-9-18-14(11-15)5-4-10-20(18)26(2,22)23/h3,6-9,11-12H,4-5,10,13H2,1-2H3. The van der Waals surface area contributed by atoms with Crippen LogP contribution in [0.5, 0.6) is 5.75 Å². The summed E-state index contributed by atoms with van der Waals surface area (Å²) in [6.07, 6.45) is 2.76. The third kappa shape index (κ3) is 4.22. The molecule has 0 saturated heterocycles. The van der Waals surface area contributed by atoms with Crippen molar-refractivity contribution in [1.29, 1.82) is 0 Å². The minimum absolute atomic E-state index is 0.0251. The Bertz CT molecular complexity index is 925. The molecular formula is C19H21NO4S2. The van der Waals surface area contributed by atoms with Crippen LogP contribution in [-0.2, 0) is 16.4 Å². The van der Waals surface area contributed by atoms with E-state index in [2.05, 4.69) is 0 Å². The first kappa shape index (κ1) is 18.8. The summed E-state index contributed by atoms with van der Waals surface area (Å²) in [5.74, 6) is 1.11. The van der Waals surface area contributed by atoms with E-state index in [1.165, 1.54) is 22.3 Å². The lowest BCUT2D eigenvalue weighted by molar-refractivity contribution is 0.102. The van der Waals surface area contributed by atoms with Gasteiger partial charge in [0.1, 0.15) is 5.75 Å². The van der Waals surface area contributed by atoms with Crippen molar-refractivity contribution in [3.63, 3.8) is 0 Å². The van der Waals surface area contributed by atoms with Crippen molar-refractivity contribution in [1.82, 2.24) is 0 Å². The summed E-state index contributed by atoms with van der Waals surface area (Å²) in [5.41, 5.74) is 2.23. The van der Waals surface area contributed by atoms with E-state index in [-0.39, 0.29) is 5.78 Å². The number of Topliss-reactive ketones (excluding diaryl/α,β-unsaturated/α-hetero) is 1. The lowest BCUT2D eigenvalue weighted by Crippen LogP contribution is -2.34. The topological polar surface area (TPSA) is 63.7 Å². The highest BCUT2D eigenvalue weighted by Crippen LogP contribution is 2.30. The van der Waals surface area contributed by atoms with Crippen LogP contribution >= 0.6 is 11.8 Å². The molecule has 0 fully saturated rings. The van der Waals surface area contributed by atoms with Gasteiger partial charge in [-0.3, -0.25) is 9.10 Å². The van der Waals surface area contributed by atoms with Gasteiger partial charge in [0.25, 0.3) is 0 Å². The van der Waals surface area contributed by atoms with Gasteiger partial charge in [-0.2, -0.15) is 0 Å². The zero-order valence-electron chi connectivity index (χ0n) is 14.8. The van der Waals surface area contributed by atoms with E-state index in [0.717, 1.165) is 29.1 Å². The molecule has 26 heavy (non-hydrogen) atoms. The van der Waals surface area contributed by atoms with E-state index in [9.17, 15) is 13.2 Å². The summed E-state index contributed by atoms with van der Waals surface area (Å²) in [7, 11) is -1.68. The Morgan fingerprint density at radius 2 is 2.04 bits per heavy atom. The Morgan fingerprint density at radius 1 is 1.23 bits per heavy atom. The molecule has 1 aliphatic heterocycles. The molecule has 0 radical (unpaired) electrons. The van der Waals surface area contributed by atoms with Gasteiger partial charge in [0.2, 0.25) is 10.0 Å². The molecule has 2 aromatic rings. The number of ketones is 1. The fraction of sp³-hybridized carbons (Fsp3) is 0.316.